The SMILES string of the molecule is O=C(c1cnc2ccccc2n1)N1CCN(c2cc(OCC(F)(F)F)ncn2)CC1. The number of nitrogens with zero attached hydrogens (tertiary/aromatic N) is 6. The van der Waals surface area contributed by atoms with Gasteiger partial charge < -0.3 is 14.5 Å². The molecule has 0 spiro atoms. The molecule has 8 nitrogen and oxygen atoms in total. The van der Waals surface area contributed by atoms with Crippen LogP contribution in [0.1, 0.15) is 10.5 Å². The Kier molecular flexibility index (Phi) is 5.34. The molecule has 0 atom stereocenters. The number of para-hydroxylation sites is 2. The number of ether oxygens (including phenoxy) is 1. The fourth-order valence-corrected chi connectivity index (χ4v) is 3.10. The highest BCUT2D eigenvalue weighted by atomic mass is 19.4. The van der Waals surface area contributed by atoms with Crippen LogP contribution in [0.4, 0.5) is 19.0 Å². The smallest absolute Gasteiger partial charge is 0.422 e. The van der Waals surface area contributed by atoms with Crippen molar-refractivity contribution in [1.82, 2.24) is 24.8 Å². The number of hydrogen-bond donors (Lipinski definition) is 0. The van der Waals surface area contributed by atoms with E-state index in [0.29, 0.717) is 43.0 Å². The monoisotopic (exact) mass is 418 g/mol. The summed E-state index contributed by atoms with van der Waals surface area (Å²) >= 11 is 0. The van der Waals surface area contributed by atoms with Crippen molar-refractivity contribution < 1.29 is 22.7 Å². The van der Waals surface area contributed by atoms with E-state index in [1.165, 1.54) is 12.3 Å². The van der Waals surface area contributed by atoms with Crippen molar-refractivity contribution in [3.05, 3.63) is 48.5 Å². The predicted octanol–water partition coefficient (Wildman–Crippen LogP) is 2.32. The first-order valence-electron chi connectivity index (χ1n) is 9.17. The molecule has 11 heteroatoms. The molecule has 0 radical (unpaired) electrons. The van der Waals surface area contributed by atoms with Crippen LogP contribution in [0.25, 0.3) is 11.0 Å². The van der Waals surface area contributed by atoms with Crippen molar-refractivity contribution in [3.63, 3.8) is 0 Å². The molecule has 0 unspecified atom stereocenters. The molecule has 1 aliphatic heterocycles. The Labute approximate surface area is 169 Å². The second kappa shape index (κ2) is 8.09. The number of piperazine rings is 1. The molecule has 1 fully saturated rings. The number of fused-ring (bicyclic) bond motifs is 1. The first kappa shape index (κ1) is 19.8. The van der Waals surface area contributed by atoms with E-state index >= 15 is 0 Å². The highest BCUT2D eigenvalue weighted by Gasteiger charge is 2.29. The molecule has 4 rings (SSSR count). The summed E-state index contributed by atoms with van der Waals surface area (Å²) in [5.41, 5.74) is 1.63. The summed E-state index contributed by atoms with van der Waals surface area (Å²) in [6.07, 6.45) is -1.82. The van der Waals surface area contributed by atoms with Crippen molar-refractivity contribution >= 4 is 22.8 Å². The quantitative estimate of drug-likeness (QED) is 0.643. The van der Waals surface area contributed by atoms with E-state index in [1.807, 2.05) is 23.1 Å². The van der Waals surface area contributed by atoms with Crippen LogP contribution in [-0.4, -0.2) is 69.7 Å². The molecule has 0 saturated carbocycles. The molecule has 3 heterocycles. The summed E-state index contributed by atoms with van der Waals surface area (Å²) in [7, 11) is 0. The number of amides is 1. The van der Waals surface area contributed by atoms with Gasteiger partial charge in [-0.15, -0.1) is 0 Å². The largest absolute Gasteiger partial charge is 0.468 e. The number of hydrogen-bond acceptors (Lipinski definition) is 7. The molecule has 2 aromatic heterocycles. The van der Waals surface area contributed by atoms with Gasteiger partial charge in [0, 0.05) is 32.2 Å². The second-order valence-electron chi connectivity index (χ2n) is 6.64. The Morgan fingerprint density at radius 1 is 1.03 bits per heavy atom. The number of carbonyl (C=O) groups excluding carboxylic acids is 1. The Bertz CT molecular complexity index is 1050. The Balaban J connectivity index is 1.39. The summed E-state index contributed by atoms with van der Waals surface area (Å²) in [5, 5.41) is 0. The zero-order chi connectivity index (χ0) is 21.1. The number of rotatable bonds is 4. The molecule has 0 aliphatic carbocycles. The van der Waals surface area contributed by atoms with Gasteiger partial charge in [-0.25, -0.2) is 15.0 Å². The number of benzene rings is 1. The van der Waals surface area contributed by atoms with E-state index in [-0.39, 0.29) is 17.5 Å². The van der Waals surface area contributed by atoms with Crippen LogP contribution in [0.15, 0.2) is 42.9 Å². The van der Waals surface area contributed by atoms with E-state index < -0.39 is 12.8 Å². The third-order valence-corrected chi connectivity index (χ3v) is 4.57. The maximum absolute atomic E-state index is 12.8. The van der Waals surface area contributed by atoms with Crippen LogP contribution in [-0.2, 0) is 0 Å². The van der Waals surface area contributed by atoms with E-state index in [1.54, 1.807) is 11.0 Å². The van der Waals surface area contributed by atoms with Crippen molar-refractivity contribution in [2.75, 3.05) is 37.7 Å². The normalized spacial score (nSPS) is 14.8. The molecule has 1 saturated heterocycles. The molecule has 0 bridgehead atoms. The maximum atomic E-state index is 12.8. The average molecular weight is 418 g/mol. The highest BCUT2D eigenvalue weighted by molar-refractivity contribution is 5.94. The number of alkyl halides is 3. The summed E-state index contributed by atoms with van der Waals surface area (Å²) in [6, 6.07) is 8.66. The Morgan fingerprint density at radius 2 is 1.77 bits per heavy atom. The third kappa shape index (κ3) is 4.56. The fraction of sp³-hybridized carbons (Fsp3) is 0.316. The maximum Gasteiger partial charge on any atom is 0.422 e. The Hall–Kier alpha value is -3.50. The molecular weight excluding hydrogens is 401 g/mol. The molecule has 156 valence electrons. The van der Waals surface area contributed by atoms with Crippen LogP contribution >= 0.6 is 0 Å². The molecule has 30 heavy (non-hydrogen) atoms. The lowest BCUT2D eigenvalue weighted by Crippen LogP contribution is -2.49. The molecule has 1 aliphatic rings. The number of anilines is 1. The topological polar surface area (TPSA) is 84.3 Å². The van der Waals surface area contributed by atoms with Crippen LogP contribution in [0.3, 0.4) is 0 Å². The van der Waals surface area contributed by atoms with Gasteiger partial charge in [0.15, 0.2) is 6.61 Å². The minimum absolute atomic E-state index is 0.151. The predicted molar refractivity (Wildman–Crippen MR) is 101 cm³/mol. The van der Waals surface area contributed by atoms with Gasteiger partial charge in [0.2, 0.25) is 5.88 Å². The lowest BCUT2D eigenvalue weighted by molar-refractivity contribution is -0.154. The van der Waals surface area contributed by atoms with Crippen LogP contribution in [0, 0.1) is 0 Å². The molecular formula is C19H17F3N6O2. The van der Waals surface area contributed by atoms with Gasteiger partial charge in [0.05, 0.1) is 17.2 Å². The highest BCUT2D eigenvalue weighted by Crippen LogP contribution is 2.21. The van der Waals surface area contributed by atoms with Crippen LogP contribution < -0.4 is 9.64 Å². The van der Waals surface area contributed by atoms with Crippen LogP contribution in [0.5, 0.6) is 5.88 Å². The molecule has 1 amide bonds. The number of halogens is 3. The van der Waals surface area contributed by atoms with E-state index in [9.17, 15) is 18.0 Å². The fourth-order valence-electron chi connectivity index (χ4n) is 3.10. The van der Waals surface area contributed by atoms with E-state index in [4.69, 9.17) is 0 Å². The lowest BCUT2D eigenvalue weighted by atomic mass is 10.2. The summed E-state index contributed by atoms with van der Waals surface area (Å²) in [4.78, 5) is 32.8. The summed E-state index contributed by atoms with van der Waals surface area (Å²) in [6.45, 7) is 0.329. The zero-order valence-electron chi connectivity index (χ0n) is 15.7. The summed E-state index contributed by atoms with van der Waals surface area (Å²) < 4.78 is 41.6. The number of carbonyl (C=O) groups is 1. The van der Waals surface area contributed by atoms with Crippen molar-refractivity contribution in [2.45, 2.75) is 6.18 Å². The van der Waals surface area contributed by atoms with Gasteiger partial charge in [0.25, 0.3) is 5.91 Å². The molecule has 1 aromatic carbocycles. The van der Waals surface area contributed by atoms with Gasteiger partial charge in [-0.3, -0.25) is 9.78 Å². The van der Waals surface area contributed by atoms with Gasteiger partial charge in [0.1, 0.15) is 17.8 Å². The molecule has 3 aromatic rings. The minimum Gasteiger partial charge on any atom is -0.468 e. The van der Waals surface area contributed by atoms with Gasteiger partial charge >= 0.3 is 6.18 Å². The lowest BCUT2D eigenvalue weighted by Gasteiger charge is -2.35. The first-order chi connectivity index (χ1) is 14.4. The summed E-state index contributed by atoms with van der Waals surface area (Å²) in [5.74, 6) is 0.0758. The van der Waals surface area contributed by atoms with Crippen molar-refractivity contribution in [2.24, 2.45) is 0 Å². The van der Waals surface area contributed by atoms with Crippen molar-refractivity contribution in [3.8, 4) is 5.88 Å². The standard InChI is InChI=1S/C19H17F3N6O2/c20-19(21,22)11-30-17-9-16(24-12-25-17)27-5-7-28(8-6-27)18(29)15-10-23-13-3-1-2-4-14(13)26-15/h1-4,9-10,12H,5-8,11H2. The van der Waals surface area contributed by atoms with Gasteiger partial charge in [-0.2, -0.15) is 13.2 Å². The Morgan fingerprint density at radius 3 is 2.50 bits per heavy atom. The zero-order valence-corrected chi connectivity index (χ0v) is 15.7. The van der Waals surface area contributed by atoms with Gasteiger partial charge in [-0.1, -0.05) is 12.1 Å². The molecule has 0 N–H and O–H groups in total. The van der Waals surface area contributed by atoms with E-state index in [2.05, 4.69) is 24.7 Å². The third-order valence-electron chi connectivity index (χ3n) is 4.57. The number of aromatic nitrogens is 4. The minimum atomic E-state index is -4.44. The second-order valence-corrected chi connectivity index (χ2v) is 6.64. The van der Waals surface area contributed by atoms with Gasteiger partial charge in [-0.05, 0) is 12.1 Å². The average Bonchev–Trinajstić information content (AvgIpc) is 2.77. The first-order valence-corrected chi connectivity index (χ1v) is 9.17. The van der Waals surface area contributed by atoms with Crippen molar-refractivity contribution in [1.29, 1.82) is 0 Å². The van der Waals surface area contributed by atoms with Crippen LogP contribution in [0.2, 0.25) is 0 Å². The van der Waals surface area contributed by atoms with E-state index in [0.717, 1.165) is 6.33 Å².